The number of rotatable bonds is 9. The molecule has 0 saturated heterocycles. The maximum absolute atomic E-state index is 2.30. The van der Waals surface area contributed by atoms with E-state index in [0.29, 0.717) is 0 Å². The van der Waals surface area contributed by atoms with Crippen molar-refractivity contribution in [2.75, 3.05) is 13.1 Å². The summed E-state index contributed by atoms with van der Waals surface area (Å²) in [5.74, 6) is 0. The van der Waals surface area contributed by atoms with Gasteiger partial charge in [-0.2, -0.15) is 0 Å². The predicted molar refractivity (Wildman–Crippen MR) is 98.5 cm³/mol. The van der Waals surface area contributed by atoms with Gasteiger partial charge in [-0.25, -0.2) is 0 Å². The third-order valence-corrected chi connectivity index (χ3v) is 4.50. The lowest BCUT2D eigenvalue weighted by molar-refractivity contribution is 0.367. The molecule has 0 saturated carbocycles. The Labute approximate surface area is 136 Å². The van der Waals surface area contributed by atoms with Crippen LogP contribution in [0.4, 0.5) is 11.4 Å². The van der Waals surface area contributed by atoms with Gasteiger partial charge >= 0.3 is 0 Å². The van der Waals surface area contributed by atoms with Crippen LogP contribution in [0.25, 0.3) is 0 Å². The molecule has 1 heteroatoms. The normalized spacial score (nSPS) is 11.5. The summed E-state index contributed by atoms with van der Waals surface area (Å²) >= 11 is 0. The SMILES string of the molecule is CCCCCC[N+](CCC)(c1ccccc1)c1ccccc1. The Morgan fingerprint density at radius 2 is 1.14 bits per heavy atom. The molecule has 0 N–H and O–H groups in total. The Bertz CT molecular complexity index is 479. The second kappa shape index (κ2) is 8.75. The van der Waals surface area contributed by atoms with E-state index in [9.17, 15) is 0 Å². The zero-order valence-electron chi connectivity index (χ0n) is 14.2. The molecular formula is C21H30N+. The average molecular weight is 296 g/mol. The Hall–Kier alpha value is -1.60. The zero-order valence-corrected chi connectivity index (χ0v) is 14.2. The fourth-order valence-corrected chi connectivity index (χ4v) is 3.39. The van der Waals surface area contributed by atoms with Crippen molar-refractivity contribution in [3.8, 4) is 0 Å². The largest absolute Gasteiger partial charge is 0.259 e. The summed E-state index contributed by atoms with van der Waals surface area (Å²) in [5, 5.41) is 0. The molecule has 2 aromatic carbocycles. The van der Waals surface area contributed by atoms with Crippen LogP contribution in [0.5, 0.6) is 0 Å². The molecule has 0 bridgehead atoms. The van der Waals surface area contributed by atoms with Crippen LogP contribution in [0, 0.1) is 0 Å². The standard InChI is InChI=1S/C21H30N/c1-3-5-6-13-19-22(18-4-2,20-14-9-7-10-15-20)21-16-11-8-12-17-21/h7-12,14-17H,3-6,13,18-19H2,1-2H3/q+1. The number of nitrogens with zero attached hydrogens (tertiary/aromatic N) is 1. The molecule has 0 spiro atoms. The Morgan fingerprint density at radius 1 is 0.591 bits per heavy atom. The van der Waals surface area contributed by atoms with Crippen molar-refractivity contribution in [2.24, 2.45) is 0 Å². The van der Waals surface area contributed by atoms with Crippen LogP contribution in [0.1, 0.15) is 46.0 Å². The van der Waals surface area contributed by atoms with E-state index in [1.165, 1.54) is 56.6 Å². The highest BCUT2D eigenvalue weighted by Gasteiger charge is 2.31. The molecule has 0 aliphatic heterocycles. The van der Waals surface area contributed by atoms with Crippen LogP contribution < -0.4 is 4.48 Å². The average Bonchev–Trinajstić information content (AvgIpc) is 2.59. The number of unbranched alkanes of at least 4 members (excludes halogenated alkanes) is 3. The molecule has 2 rings (SSSR count). The first-order valence-electron chi connectivity index (χ1n) is 8.82. The lowest BCUT2D eigenvalue weighted by Crippen LogP contribution is -2.45. The van der Waals surface area contributed by atoms with Gasteiger partial charge in [-0.1, -0.05) is 63.1 Å². The molecule has 118 valence electrons. The number of hydrogen-bond acceptors (Lipinski definition) is 0. The molecule has 22 heavy (non-hydrogen) atoms. The Kier molecular flexibility index (Phi) is 6.67. The molecule has 0 atom stereocenters. The molecule has 0 aliphatic rings. The van der Waals surface area contributed by atoms with Gasteiger partial charge < -0.3 is 0 Å². The van der Waals surface area contributed by atoms with Gasteiger partial charge in [0, 0.05) is 0 Å². The van der Waals surface area contributed by atoms with Gasteiger partial charge in [0.15, 0.2) is 0 Å². The van der Waals surface area contributed by atoms with Gasteiger partial charge in [0.2, 0.25) is 0 Å². The minimum atomic E-state index is 0.988. The van der Waals surface area contributed by atoms with Gasteiger partial charge in [-0.05, 0) is 43.5 Å². The van der Waals surface area contributed by atoms with Gasteiger partial charge in [0.1, 0.15) is 11.4 Å². The highest BCUT2D eigenvalue weighted by atomic mass is 15.4. The van der Waals surface area contributed by atoms with E-state index in [-0.39, 0.29) is 0 Å². The summed E-state index contributed by atoms with van der Waals surface area (Å²) in [4.78, 5) is 0. The third kappa shape index (κ3) is 3.98. The van der Waals surface area contributed by atoms with Crippen molar-refractivity contribution in [3.05, 3.63) is 60.7 Å². The molecule has 2 aromatic rings. The fourth-order valence-electron chi connectivity index (χ4n) is 3.39. The number of para-hydroxylation sites is 2. The quantitative estimate of drug-likeness (QED) is 0.375. The Balaban J connectivity index is 2.36. The van der Waals surface area contributed by atoms with E-state index >= 15 is 0 Å². The molecule has 0 aliphatic carbocycles. The summed E-state index contributed by atoms with van der Waals surface area (Å²) in [5.41, 5.74) is 2.85. The van der Waals surface area contributed by atoms with E-state index in [1.54, 1.807) is 0 Å². The number of hydrogen-bond donors (Lipinski definition) is 0. The van der Waals surface area contributed by atoms with E-state index in [4.69, 9.17) is 0 Å². The maximum Gasteiger partial charge on any atom is 0.137 e. The monoisotopic (exact) mass is 296 g/mol. The van der Waals surface area contributed by atoms with E-state index < -0.39 is 0 Å². The van der Waals surface area contributed by atoms with Crippen molar-refractivity contribution in [1.82, 2.24) is 4.48 Å². The molecular weight excluding hydrogens is 266 g/mol. The van der Waals surface area contributed by atoms with Gasteiger partial charge in [-0.3, -0.25) is 4.48 Å². The van der Waals surface area contributed by atoms with Crippen molar-refractivity contribution in [3.63, 3.8) is 0 Å². The van der Waals surface area contributed by atoms with Crippen molar-refractivity contribution in [2.45, 2.75) is 46.0 Å². The Morgan fingerprint density at radius 3 is 1.59 bits per heavy atom. The summed E-state index contributed by atoms with van der Waals surface area (Å²) in [6, 6.07) is 22.1. The van der Waals surface area contributed by atoms with Crippen LogP contribution >= 0.6 is 0 Å². The van der Waals surface area contributed by atoms with Crippen molar-refractivity contribution in [1.29, 1.82) is 0 Å². The molecule has 1 nitrogen and oxygen atoms in total. The molecule has 0 fully saturated rings. The fraction of sp³-hybridized carbons (Fsp3) is 0.429. The van der Waals surface area contributed by atoms with Crippen LogP contribution in [-0.2, 0) is 0 Å². The van der Waals surface area contributed by atoms with Gasteiger partial charge in [0.25, 0.3) is 0 Å². The van der Waals surface area contributed by atoms with E-state index in [2.05, 4.69) is 74.5 Å². The molecule has 0 radical (unpaired) electrons. The lowest BCUT2D eigenvalue weighted by Gasteiger charge is -2.38. The number of benzene rings is 2. The first kappa shape index (κ1) is 16.8. The highest BCUT2D eigenvalue weighted by Crippen LogP contribution is 2.35. The summed E-state index contributed by atoms with van der Waals surface area (Å²) in [6.45, 7) is 6.94. The van der Waals surface area contributed by atoms with Crippen LogP contribution in [-0.4, -0.2) is 13.1 Å². The second-order valence-corrected chi connectivity index (χ2v) is 6.15. The van der Waals surface area contributed by atoms with Gasteiger partial charge in [0.05, 0.1) is 13.1 Å². The third-order valence-electron chi connectivity index (χ3n) is 4.50. The van der Waals surface area contributed by atoms with Gasteiger partial charge in [-0.15, -0.1) is 0 Å². The maximum atomic E-state index is 2.30. The molecule has 0 heterocycles. The first-order chi connectivity index (χ1) is 10.8. The van der Waals surface area contributed by atoms with Crippen molar-refractivity contribution < 1.29 is 0 Å². The number of quaternary nitrogens is 1. The zero-order chi connectivity index (χ0) is 15.7. The molecule has 0 aromatic heterocycles. The molecule has 0 unspecified atom stereocenters. The summed E-state index contributed by atoms with van der Waals surface area (Å²) in [7, 11) is 0. The minimum Gasteiger partial charge on any atom is -0.259 e. The first-order valence-corrected chi connectivity index (χ1v) is 8.82. The second-order valence-electron chi connectivity index (χ2n) is 6.15. The topological polar surface area (TPSA) is 0 Å². The summed E-state index contributed by atoms with van der Waals surface area (Å²) < 4.78 is 0.988. The predicted octanol–water partition coefficient (Wildman–Crippen LogP) is 6.32. The van der Waals surface area contributed by atoms with Crippen LogP contribution in [0.2, 0.25) is 0 Å². The van der Waals surface area contributed by atoms with E-state index in [0.717, 1.165) is 4.48 Å². The van der Waals surface area contributed by atoms with Crippen LogP contribution in [0.15, 0.2) is 60.7 Å². The molecule has 0 amide bonds. The van der Waals surface area contributed by atoms with Crippen LogP contribution in [0.3, 0.4) is 0 Å². The highest BCUT2D eigenvalue weighted by molar-refractivity contribution is 5.58. The van der Waals surface area contributed by atoms with Crippen molar-refractivity contribution >= 4 is 11.4 Å². The summed E-state index contributed by atoms with van der Waals surface area (Å²) in [6.07, 6.45) is 6.45. The smallest absolute Gasteiger partial charge is 0.137 e. The minimum absolute atomic E-state index is 0.988. The van der Waals surface area contributed by atoms with E-state index in [1.807, 2.05) is 0 Å². The lowest BCUT2D eigenvalue weighted by atomic mass is 10.1.